The van der Waals surface area contributed by atoms with Crippen LogP contribution < -0.4 is 16.3 Å². The molecule has 12 heteroatoms. The van der Waals surface area contributed by atoms with Crippen molar-refractivity contribution >= 4 is 40.5 Å². The van der Waals surface area contributed by atoms with Crippen LogP contribution in [-0.2, 0) is 16.1 Å². The molecule has 1 aromatic carbocycles. The number of carbonyl (C=O) groups is 3. The average molecular weight is 450 g/mol. The molecule has 2 aromatic heterocycles. The minimum absolute atomic E-state index is 0.161. The number of hydrogen-bond acceptors (Lipinski definition) is 5. The molecule has 0 spiro atoms. The highest BCUT2D eigenvalue weighted by Crippen LogP contribution is 2.22. The molecule has 4 N–H and O–H groups in total. The quantitative estimate of drug-likeness (QED) is 0.420. The number of aliphatic carboxylic acids is 1. The van der Waals surface area contributed by atoms with Crippen molar-refractivity contribution in [3.63, 3.8) is 0 Å². The van der Waals surface area contributed by atoms with Crippen LogP contribution in [0.15, 0.2) is 35.3 Å². The van der Waals surface area contributed by atoms with Gasteiger partial charge in [-0.05, 0) is 30.7 Å². The van der Waals surface area contributed by atoms with E-state index in [4.69, 9.17) is 11.6 Å². The second kappa shape index (κ2) is 8.96. The van der Waals surface area contributed by atoms with Crippen molar-refractivity contribution in [2.24, 2.45) is 0 Å². The molecule has 0 bridgehead atoms. The molecule has 31 heavy (non-hydrogen) atoms. The fourth-order valence-electron chi connectivity index (χ4n) is 2.86. The highest BCUT2D eigenvalue weighted by Gasteiger charge is 2.25. The lowest BCUT2D eigenvalue weighted by atomic mass is 10.1. The molecule has 0 aliphatic rings. The van der Waals surface area contributed by atoms with Crippen LogP contribution in [-0.4, -0.2) is 50.0 Å². The highest BCUT2D eigenvalue weighted by molar-refractivity contribution is 6.34. The normalized spacial score (nSPS) is 11.8. The number of carboxylic acids is 1. The SMILES string of the molecule is Cc1ccc(Cl)c(C(=O)N[C@@H](CNC(=O)Cn2c(=O)[nH]c3ncccc32)C(=O)O)c1F. The van der Waals surface area contributed by atoms with E-state index in [1.54, 1.807) is 12.1 Å². The van der Waals surface area contributed by atoms with Crippen LogP contribution in [0.25, 0.3) is 11.2 Å². The Bertz CT molecular complexity index is 1240. The number of pyridine rings is 1. The lowest BCUT2D eigenvalue weighted by molar-refractivity contribution is -0.139. The molecule has 0 fully saturated rings. The van der Waals surface area contributed by atoms with Gasteiger partial charge in [-0.25, -0.2) is 19.0 Å². The Hall–Kier alpha value is -3.73. The van der Waals surface area contributed by atoms with Crippen molar-refractivity contribution < 1.29 is 23.9 Å². The number of fused-ring (bicyclic) bond motifs is 1. The zero-order chi connectivity index (χ0) is 22.7. The van der Waals surface area contributed by atoms with Crippen molar-refractivity contribution in [3.05, 3.63) is 62.9 Å². The van der Waals surface area contributed by atoms with E-state index in [0.717, 1.165) is 4.57 Å². The van der Waals surface area contributed by atoms with E-state index in [9.17, 15) is 28.7 Å². The number of aromatic amines is 1. The Morgan fingerprint density at radius 1 is 1.32 bits per heavy atom. The second-order valence-electron chi connectivity index (χ2n) is 6.61. The van der Waals surface area contributed by atoms with Gasteiger partial charge in [-0.2, -0.15) is 0 Å². The van der Waals surface area contributed by atoms with Crippen molar-refractivity contribution in [2.45, 2.75) is 19.5 Å². The maximum Gasteiger partial charge on any atom is 0.328 e. The van der Waals surface area contributed by atoms with E-state index in [1.165, 1.54) is 25.3 Å². The number of halogens is 2. The summed E-state index contributed by atoms with van der Waals surface area (Å²) in [7, 11) is 0. The van der Waals surface area contributed by atoms with E-state index in [1.807, 2.05) is 0 Å². The Morgan fingerprint density at radius 3 is 2.77 bits per heavy atom. The number of aromatic nitrogens is 3. The first-order chi connectivity index (χ1) is 14.7. The molecule has 3 rings (SSSR count). The average Bonchev–Trinajstić information content (AvgIpc) is 3.03. The zero-order valence-electron chi connectivity index (χ0n) is 16.1. The van der Waals surface area contributed by atoms with Gasteiger partial charge in [0.05, 0.1) is 16.1 Å². The van der Waals surface area contributed by atoms with Crippen LogP contribution >= 0.6 is 11.6 Å². The van der Waals surface area contributed by atoms with Crippen molar-refractivity contribution in [3.8, 4) is 0 Å². The smallest absolute Gasteiger partial charge is 0.328 e. The summed E-state index contributed by atoms with van der Waals surface area (Å²) in [6.07, 6.45) is 1.48. The third-order valence-corrected chi connectivity index (χ3v) is 4.78. The van der Waals surface area contributed by atoms with Gasteiger partial charge >= 0.3 is 11.7 Å². The molecule has 162 valence electrons. The number of amides is 2. The first kappa shape index (κ1) is 22.0. The van der Waals surface area contributed by atoms with Crippen LogP contribution in [0.4, 0.5) is 4.39 Å². The first-order valence-corrected chi connectivity index (χ1v) is 9.35. The molecule has 2 amide bonds. The summed E-state index contributed by atoms with van der Waals surface area (Å²) in [6.45, 7) is 0.531. The largest absolute Gasteiger partial charge is 0.480 e. The summed E-state index contributed by atoms with van der Waals surface area (Å²) in [5.41, 5.74) is -0.190. The molecule has 0 aliphatic heterocycles. The fraction of sp³-hybridized carbons (Fsp3) is 0.211. The van der Waals surface area contributed by atoms with Crippen molar-refractivity contribution in [2.75, 3.05) is 6.54 Å². The van der Waals surface area contributed by atoms with Crippen LogP contribution in [0.2, 0.25) is 5.02 Å². The second-order valence-corrected chi connectivity index (χ2v) is 7.02. The molecular formula is C19H17ClFN5O5. The predicted octanol–water partition coefficient (Wildman–Crippen LogP) is 0.825. The van der Waals surface area contributed by atoms with Gasteiger partial charge in [-0.15, -0.1) is 0 Å². The van der Waals surface area contributed by atoms with Crippen LogP contribution in [0.3, 0.4) is 0 Å². The van der Waals surface area contributed by atoms with Crippen LogP contribution in [0.1, 0.15) is 15.9 Å². The third kappa shape index (κ3) is 4.72. The summed E-state index contributed by atoms with van der Waals surface area (Å²) in [6, 6.07) is 4.32. The molecule has 0 saturated carbocycles. The van der Waals surface area contributed by atoms with Gasteiger partial charge in [0.15, 0.2) is 5.65 Å². The lowest BCUT2D eigenvalue weighted by Gasteiger charge is -2.16. The summed E-state index contributed by atoms with van der Waals surface area (Å²) in [4.78, 5) is 54.6. The molecule has 1 atom stereocenters. The predicted molar refractivity (Wildman–Crippen MR) is 108 cm³/mol. The number of rotatable bonds is 7. The van der Waals surface area contributed by atoms with E-state index in [-0.39, 0.29) is 10.6 Å². The van der Waals surface area contributed by atoms with Crippen LogP contribution in [0.5, 0.6) is 0 Å². The number of H-pyrrole nitrogens is 1. The lowest BCUT2D eigenvalue weighted by Crippen LogP contribution is -2.49. The standard InChI is InChI=1S/C19H17ClFN5O5/c1-9-4-5-10(20)14(15(9)21)17(28)24-11(18(29)30)7-23-13(27)8-26-12-3-2-6-22-16(12)25-19(26)31/h2-6,11H,7-8H2,1H3,(H,23,27)(H,24,28)(H,29,30)(H,22,25,31)/t11-/m0/s1. The van der Waals surface area contributed by atoms with E-state index in [2.05, 4.69) is 20.6 Å². The molecule has 3 aromatic rings. The minimum atomic E-state index is -1.56. The number of carboxylic acid groups (broad SMARTS) is 1. The summed E-state index contributed by atoms with van der Waals surface area (Å²) >= 11 is 5.87. The fourth-order valence-corrected chi connectivity index (χ4v) is 3.09. The molecule has 0 saturated heterocycles. The highest BCUT2D eigenvalue weighted by atomic mass is 35.5. The first-order valence-electron chi connectivity index (χ1n) is 8.97. The third-order valence-electron chi connectivity index (χ3n) is 4.47. The molecule has 0 aliphatic carbocycles. The number of nitrogens with one attached hydrogen (secondary N) is 3. The monoisotopic (exact) mass is 449 g/mol. The van der Waals surface area contributed by atoms with Gasteiger partial charge < -0.3 is 15.7 Å². The van der Waals surface area contributed by atoms with Crippen molar-refractivity contribution in [1.82, 2.24) is 25.2 Å². The van der Waals surface area contributed by atoms with E-state index >= 15 is 0 Å². The number of carbonyl (C=O) groups excluding carboxylic acids is 2. The molecule has 0 radical (unpaired) electrons. The maximum absolute atomic E-state index is 14.3. The van der Waals surface area contributed by atoms with Crippen LogP contribution in [0, 0.1) is 12.7 Å². The van der Waals surface area contributed by atoms with Gasteiger partial charge in [0, 0.05) is 12.7 Å². The summed E-state index contributed by atoms with van der Waals surface area (Å²) < 4.78 is 15.4. The number of benzene rings is 1. The van der Waals surface area contributed by atoms with Gasteiger partial charge in [0.25, 0.3) is 5.91 Å². The number of nitrogens with zero attached hydrogens (tertiary/aromatic N) is 2. The molecule has 10 nitrogen and oxygen atoms in total. The van der Waals surface area contributed by atoms with E-state index in [0.29, 0.717) is 11.2 Å². The van der Waals surface area contributed by atoms with Gasteiger partial charge in [-0.3, -0.25) is 19.1 Å². The number of imidazole rings is 1. The van der Waals surface area contributed by atoms with Gasteiger partial charge in [-0.1, -0.05) is 17.7 Å². The molecule has 0 unspecified atom stereocenters. The summed E-state index contributed by atoms with van der Waals surface area (Å²) in [5.74, 6) is -4.03. The minimum Gasteiger partial charge on any atom is -0.480 e. The molecular weight excluding hydrogens is 433 g/mol. The topological polar surface area (TPSA) is 146 Å². The zero-order valence-corrected chi connectivity index (χ0v) is 16.9. The maximum atomic E-state index is 14.3. The van der Waals surface area contributed by atoms with E-state index < -0.39 is 54.0 Å². The van der Waals surface area contributed by atoms with Gasteiger partial charge in [0.1, 0.15) is 18.4 Å². The van der Waals surface area contributed by atoms with Crippen molar-refractivity contribution in [1.29, 1.82) is 0 Å². The molecule has 2 heterocycles. The van der Waals surface area contributed by atoms with Gasteiger partial charge in [0.2, 0.25) is 5.91 Å². The number of hydrogen-bond donors (Lipinski definition) is 4. The number of aryl methyl sites for hydroxylation is 1. The summed E-state index contributed by atoms with van der Waals surface area (Å²) in [5, 5.41) is 13.6. The Kier molecular flexibility index (Phi) is 6.35. The Morgan fingerprint density at radius 2 is 2.06 bits per heavy atom. The Labute approximate surface area is 179 Å². The Balaban J connectivity index is 1.68.